The first kappa shape index (κ1) is 23.1. The van der Waals surface area contributed by atoms with Gasteiger partial charge in [-0.3, -0.25) is 14.8 Å². The zero-order chi connectivity index (χ0) is 24.9. The monoisotopic (exact) mass is 476 g/mol. The minimum atomic E-state index is -0.590. The fraction of sp³-hybridized carbons (Fsp3) is 0.0667. The van der Waals surface area contributed by atoms with Crippen molar-refractivity contribution in [2.75, 3.05) is 0 Å². The Kier molecular flexibility index (Phi) is 6.60. The number of ether oxygens (including phenoxy) is 1. The van der Waals surface area contributed by atoms with Crippen molar-refractivity contribution < 1.29 is 14.7 Å². The molecule has 0 spiro atoms. The van der Waals surface area contributed by atoms with Crippen molar-refractivity contribution in [3.63, 3.8) is 0 Å². The molecule has 0 radical (unpaired) electrons. The van der Waals surface area contributed by atoms with Crippen LogP contribution in [0.1, 0.15) is 21.5 Å². The van der Waals surface area contributed by atoms with E-state index in [1.807, 2.05) is 84.9 Å². The molecule has 0 bridgehead atoms. The van der Waals surface area contributed by atoms with Gasteiger partial charge in [0.05, 0.1) is 12.1 Å². The molecular weight excluding hydrogens is 452 g/mol. The first-order valence-corrected chi connectivity index (χ1v) is 11.6. The summed E-state index contributed by atoms with van der Waals surface area (Å²) in [5, 5.41) is 9.78. The normalized spacial score (nSPS) is 10.8. The van der Waals surface area contributed by atoms with Crippen molar-refractivity contribution in [2.24, 2.45) is 0 Å². The second-order valence-corrected chi connectivity index (χ2v) is 8.39. The zero-order valence-electron chi connectivity index (χ0n) is 19.4. The third kappa shape index (κ3) is 4.62. The highest BCUT2D eigenvalue weighted by Crippen LogP contribution is 2.35. The Labute approximate surface area is 208 Å². The van der Waals surface area contributed by atoms with Crippen LogP contribution in [0.2, 0.25) is 0 Å². The molecule has 0 aliphatic heterocycles. The number of rotatable bonds is 7. The Morgan fingerprint density at radius 1 is 0.778 bits per heavy atom. The van der Waals surface area contributed by atoms with Crippen LogP contribution < -0.4 is 15.8 Å². The molecule has 36 heavy (non-hydrogen) atoms. The molecule has 0 unspecified atom stereocenters. The lowest BCUT2D eigenvalue weighted by Crippen LogP contribution is -2.24. The molecule has 6 heteroatoms. The predicted molar refractivity (Wildman–Crippen MR) is 139 cm³/mol. The minimum Gasteiger partial charge on any atom is -0.483 e. The first-order chi connectivity index (χ1) is 17.7. The van der Waals surface area contributed by atoms with Gasteiger partial charge in [-0.25, -0.2) is 5.48 Å². The number of hydroxylamine groups is 1. The molecule has 178 valence electrons. The minimum absolute atomic E-state index is 0.235. The molecule has 0 saturated carbocycles. The van der Waals surface area contributed by atoms with Gasteiger partial charge < -0.3 is 9.30 Å². The Morgan fingerprint density at radius 2 is 1.42 bits per heavy atom. The van der Waals surface area contributed by atoms with Crippen LogP contribution in [0.25, 0.3) is 22.0 Å². The summed E-state index contributed by atoms with van der Waals surface area (Å²) in [5.74, 6) is -0.298. The number of benzene rings is 4. The second kappa shape index (κ2) is 10.3. The summed E-state index contributed by atoms with van der Waals surface area (Å²) in [5.41, 5.74) is 5.96. The molecule has 0 atom stereocenters. The van der Waals surface area contributed by atoms with Crippen LogP contribution in [-0.2, 0) is 13.2 Å². The standard InChI is InChI=1S/C30H24N2O4/c33-29(31-35)24-17-15-21(16-18-24)19-32-26-14-8-7-13-25(26)27(23-11-5-2-6-12-23)28(30(32)34)36-20-22-9-3-1-4-10-22/h1-18,35H,19-20H2,(H,31,33). The van der Waals surface area contributed by atoms with Crippen LogP contribution in [0.4, 0.5) is 0 Å². The van der Waals surface area contributed by atoms with Crippen molar-refractivity contribution in [1.29, 1.82) is 0 Å². The summed E-state index contributed by atoms with van der Waals surface area (Å²) in [4.78, 5) is 25.6. The Bertz CT molecular complexity index is 1560. The number of fused-ring (bicyclic) bond motifs is 1. The Hall–Kier alpha value is -4.68. The van der Waals surface area contributed by atoms with Gasteiger partial charge in [0, 0.05) is 16.5 Å². The van der Waals surface area contributed by atoms with E-state index in [9.17, 15) is 9.59 Å². The van der Waals surface area contributed by atoms with E-state index in [2.05, 4.69) is 0 Å². The number of aromatic nitrogens is 1. The lowest BCUT2D eigenvalue weighted by atomic mass is 9.99. The number of hydrogen-bond donors (Lipinski definition) is 2. The number of amides is 1. The molecule has 2 N–H and O–H groups in total. The molecule has 0 saturated heterocycles. The van der Waals surface area contributed by atoms with Crippen molar-refractivity contribution >= 4 is 16.8 Å². The number of para-hydroxylation sites is 1. The molecule has 1 heterocycles. The fourth-order valence-electron chi connectivity index (χ4n) is 4.30. The smallest absolute Gasteiger partial charge is 0.294 e. The van der Waals surface area contributed by atoms with Gasteiger partial charge in [0.25, 0.3) is 11.5 Å². The van der Waals surface area contributed by atoms with Crippen molar-refractivity contribution in [1.82, 2.24) is 10.0 Å². The van der Waals surface area contributed by atoms with Gasteiger partial charge in [0.15, 0.2) is 5.75 Å². The van der Waals surface area contributed by atoms with Crippen LogP contribution in [0.5, 0.6) is 5.75 Å². The van der Waals surface area contributed by atoms with E-state index in [0.717, 1.165) is 33.2 Å². The van der Waals surface area contributed by atoms with Crippen molar-refractivity contribution in [2.45, 2.75) is 13.2 Å². The fourth-order valence-corrected chi connectivity index (χ4v) is 4.30. The van der Waals surface area contributed by atoms with E-state index in [4.69, 9.17) is 9.94 Å². The summed E-state index contributed by atoms with van der Waals surface area (Å²) < 4.78 is 7.94. The number of pyridine rings is 1. The van der Waals surface area contributed by atoms with Gasteiger partial charge in [0.2, 0.25) is 0 Å². The highest BCUT2D eigenvalue weighted by atomic mass is 16.5. The van der Waals surface area contributed by atoms with Crippen LogP contribution in [0, 0.1) is 0 Å². The average molecular weight is 477 g/mol. The number of carbonyl (C=O) groups is 1. The summed E-state index contributed by atoms with van der Waals surface area (Å²) in [7, 11) is 0. The number of nitrogens with zero attached hydrogens (tertiary/aromatic N) is 1. The maximum Gasteiger partial charge on any atom is 0.294 e. The third-order valence-corrected chi connectivity index (χ3v) is 6.08. The molecule has 6 nitrogen and oxygen atoms in total. The zero-order valence-corrected chi connectivity index (χ0v) is 19.4. The van der Waals surface area contributed by atoms with E-state index in [0.29, 0.717) is 11.3 Å². The first-order valence-electron chi connectivity index (χ1n) is 11.6. The molecule has 4 aromatic carbocycles. The summed E-state index contributed by atoms with van der Waals surface area (Å²) >= 11 is 0. The van der Waals surface area contributed by atoms with Crippen LogP contribution >= 0.6 is 0 Å². The van der Waals surface area contributed by atoms with Gasteiger partial charge in [-0.2, -0.15) is 0 Å². The van der Waals surface area contributed by atoms with E-state index in [-0.39, 0.29) is 18.7 Å². The van der Waals surface area contributed by atoms with E-state index < -0.39 is 5.91 Å². The number of nitrogens with one attached hydrogen (secondary N) is 1. The molecule has 1 aromatic heterocycles. The van der Waals surface area contributed by atoms with Crippen LogP contribution in [0.15, 0.2) is 114 Å². The summed E-state index contributed by atoms with van der Waals surface area (Å²) in [6.45, 7) is 0.552. The lowest BCUT2D eigenvalue weighted by Gasteiger charge is -2.19. The Balaban J connectivity index is 1.65. The van der Waals surface area contributed by atoms with Crippen molar-refractivity contribution in [3.8, 4) is 16.9 Å². The summed E-state index contributed by atoms with van der Waals surface area (Å²) in [6.07, 6.45) is 0. The van der Waals surface area contributed by atoms with E-state index in [1.165, 1.54) is 0 Å². The molecule has 0 aliphatic carbocycles. The lowest BCUT2D eigenvalue weighted by molar-refractivity contribution is 0.0706. The Morgan fingerprint density at radius 3 is 2.11 bits per heavy atom. The maximum atomic E-state index is 14.0. The molecule has 5 rings (SSSR count). The van der Waals surface area contributed by atoms with Gasteiger partial charge >= 0.3 is 0 Å². The SMILES string of the molecule is O=C(NO)c1ccc(Cn2c(=O)c(OCc3ccccc3)c(-c3ccccc3)c3ccccc32)cc1. The molecule has 5 aromatic rings. The van der Waals surface area contributed by atoms with Gasteiger partial charge in [-0.15, -0.1) is 0 Å². The molecule has 0 aliphatic rings. The maximum absolute atomic E-state index is 14.0. The van der Waals surface area contributed by atoms with E-state index in [1.54, 1.807) is 34.3 Å². The highest BCUT2D eigenvalue weighted by Gasteiger charge is 2.20. The average Bonchev–Trinajstić information content (AvgIpc) is 2.94. The predicted octanol–water partition coefficient (Wildman–Crippen LogP) is 5.41. The van der Waals surface area contributed by atoms with Crippen LogP contribution in [-0.4, -0.2) is 15.7 Å². The van der Waals surface area contributed by atoms with Crippen LogP contribution in [0.3, 0.4) is 0 Å². The molecule has 0 fully saturated rings. The second-order valence-electron chi connectivity index (χ2n) is 8.39. The summed E-state index contributed by atoms with van der Waals surface area (Å²) in [6, 6.07) is 34.1. The van der Waals surface area contributed by atoms with Gasteiger partial charge in [-0.1, -0.05) is 91.0 Å². The largest absolute Gasteiger partial charge is 0.483 e. The quantitative estimate of drug-likeness (QED) is 0.243. The third-order valence-electron chi connectivity index (χ3n) is 6.08. The van der Waals surface area contributed by atoms with Gasteiger partial charge in [-0.05, 0) is 34.9 Å². The molecule has 1 amide bonds. The topological polar surface area (TPSA) is 80.6 Å². The van der Waals surface area contributed by atoms with E-state index >= 15 is 0 Å². The number of hydrogen-bond acceptors (Lipinski definition) is 4. The molecular formula is C30H24N2O4. The highest BCUT2D eigenvalue weighted by molar-refractivity contribution is 5.98. The van der Waals surface area contributed by atoms with Gasteiger partial charge in [0.1, 0.15) is 6.61 Å². The van der Waals surface area contributed by atoms with Crippen molar-refractivity contribution in [3.05, 3.63) is 136 Å². The number of carbonyl (C=O) groups excluding carboxylic acids is 1.